The second-order valence-corrected chi connectivity index (χ2v) is 6.39. The number of aryl methyl sites for hydroxylation is 1. The van der Waals surface area contributed by atoms with Crippen molar-refractivity contribution in [3.63, 3.8) is 0 Å². The Bertz CT molecular complexity index is 697. The van der Waals surface area contributed by atoms with Crippen molar-refractivity contribution in [2.24, 2.45) is 0 Å². The van der Waals surface area contributed by atoms with E-state index in [0.717, 1.165) is 5.56 Å². The number of hydrogen-bond donors (Lipinski definition) is 2. The first-order chi connectivity index (χ1) is 10.8. The molecule has 122 valence electrons. The Morgan fingerprint density at radius 1 is 1.22 bits per heavy atom. The van der Waals surface area contributed by atoms with Gasteiger partial charge in [-0.1, -0.05) is 12.1 Å². The summed E-state index contributed by atoms with van der Waals surface area (Å²) in [6.07, 6.45) is 3.83. The zero-order chi connectivity index (χ0) is 17.0. The molecule has 2 N–H and O–H groups in total. The molecule has 0 atom stereocenters. The van der Waals surface area contributed by atoms with E-state index in [9.17, 15) is 9.59 Å². The van der Waals surface area contributed by atoms with E-state index >= 15 is 0 Å². The van der Waals surface area contributed by atoms with Crippen molar-refractivity contribution in [2.75, 3.05) is 5.32 Å². The van der Waals surface area contributed by atoms with Crippen LogP contribution in [0.4, 0.5) is 5.69 Å². The van der Waals surface area contributed by atoms with Crippen LogP contribution in [0.15, 0.2) is 36.7 Å². The number of benzene rings is 1. The summed E-state index contributed by atoms with van der Waals surface area (Å²) in [5.41, 5.74) is 1.91. The molecule has 2 rings (SSSR count). The summed E-state index contributed by atoms with van der Waals surface area (Å²) in [7, 11) is 0. The number of aliphatic carboxylic acids is 1. The van der Waals surface area contributed by atoms with Gasteiger partial charge in [0.15, 0.2) is 0 Å². The Balaban J connectivity index is 2.00. The van der Waals surface area contributed by atoms with Crippen LogP contribution in [-0.4, -0.2) is 26.8 Å². The second-order valence-electron chi connectivity index (χ2n) is 6.39. The number of carboxylic acids is 1. The monoisotopic (exact) mass is 315 g/mol. The lowest BCUT2D eigenvalue weighted by atomic mass is 10.1. The van der Waals surface area contributed by atoms with E-state index in [1.807, 2.05) is 32.9 Å². The normalized spacial score (nSPS) is 11.3. The molecule has 0 aliphatic rings. The van der Waals surface area contributed by atoms with Crippen molar-refractivity contribution in [1.29, 1.82) is 0 Å². The van der Waals surface area contributed by atoms with Gasteiger partial charge < -0.3 is 10.4 Å². The fourth-order valence-electron chi connectivity index (χ4n) is 2.02. The number of carbonyl (C=O) groups is 2. The van der Waals surface area contributed by atoms with Crippen molar-refractivity contribution in [3.8, 4) is 0 Å². The van der Waals surface area contributed by atoms with E-state index in [-0.39, 0.29) is 17.9 Å². The molecular weight excluding hydrogens is 294 g/mol. The van der Waals surface area contributed by atoms with E-state index in [0.29, 0.717) is 17.7 Å². The zero-order valence-electron chi connectivity index (χ0n) is 13.5. The van der Waals surface area contributed by atoms with Crippen molar-refractivity contribution in [1.82, 2.24) is 9.78 Å². The molecule has 0 spiro atoms. The predicted molar refractivity (Wildman–Crippen MR) is 87.6 cm³/mol. The minimum Gasteiger partial charge on any atom is -0.481 e. The Hall–Kier alpha value is -2.63. The molecule has 1 aromatic carbocycles. The molecule has 0 fully saturated rings. The number of rotatable bonds is 5. The number of nitrogens with zero attached hydrogens (tertiary/aromatic N) is 2. The highest BCUT2D eigenvalue weighted by molar-refractivity contribution is 6.03. The highest BCUT2D eigenvalue weighted by Gasteiger charge is 2.16. The van der Waals surface area contributed by atoms with Crippen molar-refractivity contribution >= 4 is 17.6 Å². The number of carbonyl (C=O) groups excluding carboxylic acids is 1. The van der Waals surface area contributed by atoms with Crippen molar-refractivity contribution in [3.05, 3.63) is 47.8 Å². The molecule has 0 saturated heterocycles. The van der Waals surface area contributed by atoms with Crippen molar-refractivity contribution < 1.29 is 14.7 Å². The summed E-state index contributed by atoms with van der Waals surface area (Å²) in [6, 6.07) is 7.17. The smallest absolute Gasteiger partial charge is 0.303 e. The maximum atomic E-state index is 12.2. The lowest BCUT2D eigenvalue weighted by Gasteiger charge is -2.18. The molecule has 6 heteroatoms. The SMILES string of the molecule is CC(C)(C)n1cc(C(=O)Nc2ccc(CCC(=O)O)cc2)cn1. The van der Waals surface area contributed by atoms with Crippen LogP contribution in [-0.2, 0) is 16.8 Å². The number of aromatic nitrogens is 2. The molecule has 0 aliphatic carbocycles. The quantitative estimate of drug-likeness (QED) is 0.888. The molecular formula is C17H21N3O3. The van der Waals surface area contributed by atoms with E-state index in [4.69, 9.17) is 5.11 Å². The molecule has 1 aromatic heterocycles. The van der Waals surface area contributed by atoms with E-state index in [2.05, 4.69) is 10.4 Å². The molecule has 0 saturated carbocycles. The topological polar surface area (TPSA) is 84.2 Å². The first-order valence-corrected chi connectivity index (χ1v) is 7.43. The Kier molecular flexibility index (Phi) is 4.83. The maximum Gasteiger partial charge on any atom is 0.303 e. The highest BCUT2D eigenvalue weighted by atomic mass is 16.4. The standard InChI is InChI=1S/C17H21N3O3/c1-17(2,3)20-11-13(10-18-20)16(23)19-14-7-4-12(5-8-14)6-9-15(21)22/h4-5,7-8,10-11H,6,9H2,1-3H3,(H,19,23)(H,21,22). The maximum absolute atomic E-state index is 12.2. The summed E-state index contributed by atoms with van der Waals surface area (Å²) >= 11 is 0. The predicted octanol–water partition coefficient (Wildman–Crippen LogP) is 2.91. The molecule has 6 nitrogen and oxygen atoms in total. The third kappa shape index (κ3) is 4.67. The molecule has 0 unspecified atom stereocenters. The van der Waals surface area contributed by atoms with Gasteiger partial charge in [0.25, 0.3) is 5.91 Å². The van der Waals surface area contributed by atoms with Crippen LogP contribution in [0.3, 0.4) is 0 Å². The number of hydrogen-bond acceptors (Lipinski definition) is 3. The highest BCUT2D eigenvalue weighted by Crippen LogP contribution is 2.15. The Labute approximate surface area is 135 Å². The van der Waals surface area contributed by atoms with Gasteiger partial charge in [-0.15, -0.1) is 0 Å². The van der Waals surface area contributed by atoms with Crippen LogP contribution >= 0.6 is 0 Å². The summed E-state index contributed by atoms with van der Waals surface area (Å²) in [4.78, 5) is 22.8. The molecule has 0 aliphatic heterocycles. The number of nitrogens with one attached hydrogen (secondary N) is 1. The second kappa shape index (κ2) is 6.64. The van der Waals surface area contributed by atoms with Gasteiger partial charge >= 0.3 is 5.97 Å². The fourth-order valence-corrected chi connectivity index (χ4v) is 2.02. The van der Waals surface area contributed by atoms with Crippen LogP contribution < -0.4 is 5.32 Å². The van der Waals surface area contributed by atoms with Crippen LogP contribution in [0.25, 0.3) is 0 Å². The lowest BCUT2D eigenvalue weighted by Crippen LogP contribution is -2.22. The van der Waals surface area contributed by atoms with Gasteiger partial charge in [-0.05, 0) is 44.9 Å². The first kappa shape index (κ1) is 16.7. The third-order valence-corrected chi connectivity index (χ3v) is 3.37. The Morgan fingerprint density at radius 2 is 1.87 bits per heavy atom. The van der Waals surface area contributed by atoms with Crippen molar-refractivity contribution in [2.45, 2.75) is 39.2 Å². The van der Waals surface area contributed by atoms with E-state index < -0.39 is 5.97 Å². The van der Waals surface area contributed by atoms with Gasteiger partial charge in [-0.25, -0.2) is 0 Å². The van der Waals surface area contributed by atoms with Gasteiger partial charge in [-0.3, -0.25) is 14.3 Å². The molecule has 1 heterocycles. The minimum atomic E-state index is -0.821. The van der Waals surface area contributed by atoms with E-state index in [1.165, 1.54) is 0 Å². The summed E-state index contributed by atoms with van der Waals surface area (Å²) in [5.74, 6) is -1.04. The third-order valence-electron chi connectivity index (χ3n) is 3.37. The number of amides is 1. The first-order valence-electron chi connectivity index (χ1n) is 7.43. The minimum absolute atomic E-state index is 0.0949. The zero-order valence-corrected chi connectivity index (χ0v) is 13.5. The Morgan fingerprint density at radius 3 is 2.39 bits per heavy atom. The summed E-state index contributed by atoms with van der Waals surface area (Å²) in [5, 5.41) is 15.7. The lowest BCUT2D eigenvalue weighted by molar-refractivity contribution is -0.136. The largest absolute Gasteiger partial charge is 0.481 e. The molecule has 2 aromatic rings. The van der Waals surface area contributed by atoms with Gasteiger partial charge in [0.05, 0.1) is 17.3 Å². The number of carboxylic acid groups (broad SMARTS) is 1. The number of anilines is 1. The average Bonchev–Trinajstić information content (AvgIpc) is 2.96. The van der Waals surface area contributed by atoms with E-state index in [1.54, 1.807) is 29.2 Å². The molecule has 0 bridgehead atoms. The van der Waals surface area contributed by atoms with Gasteiger partial charge in [-0.2, -0.15) is 5.10 Å². The molecule has 0 radical (unpaired) electrons. The van der Waals surface area contributed by atoms with Crippen LogP contribution in [0.5, 0.6) is 0 Å². The van der Waals surface area contributed by atoms with Crippen LogP contribution in [0.1, 0.15) is 43.1 Å². The van der Waals surface area contributed by atoms with Gasteiger partial charge in [0.2, 0.25) is 0 Å². The molecule has 23 heavy (non-hydrogen) atoms. The summed E-state index contributed by atoms with van der Waals surface area (Å²) < 4.78 is 1.75. The van der Waals surface area contributed by atoms with Crippen LogP contribution in [0.2, 0.25) is 0 Å². The van der Waals surface area contributed by atoms with Gasteiger partial charge in [0, 0.05) is 18.3 Å². The summed E-state index contributed by atoms with van der Waals surface area (Å²) in [6.45, 7) is 6.03. The van der Waals surface area contributed by atoms with Gasteiger partial charge in [0.1, 0.15) is 0 Å². The molecule has 1 amide bonds. The fraction of sp³-hybridized carbons (Fsp3) is 0.353. The average molecular weight is 315 g/mol. The van der Waals surface area contributed by atoms with Crippen LogP contribution in [0, 0.1) is 0 Å².